The van der Waals surface area contributed by atoms with E-state index < -0.39 is 22.2 Å². The molecular formula is C24H31NO4S. The van der Waals surface area contributed by atoms with Gasteiger partial charge in [0.1, 0.15) is 6.10 Å². The third-order valence-electron chi connectivity index (χ3n) is 5.56. The average Bonchev–Trinajstić information content (AvgIpc) is 3.04. The second-order valence-corrected chi connectivity index (χ2v) is 9.72. The fourth-order valence-corrected chi connectivity index (χ4v) is 5.10. The van der Waals surface area contributed by atoms with Crippen LogP contribution in [0, 0.1) is 6.92 Å². The molecule has 0 aromatic heterocycles. The highest BCUT2D eigenvalue weighted by Gasteiger charge is 2.37. The Morgan fingerprint density at radius 3 is 2.47 bits per heavy atom. The molecule has 0 amide bonds. The van der Waals surface area contributed by atoms with Crippen molar-refractivity contribution in [3.8, 4) is 0 Å². The summed E-state index contributed by atoms with van der Waals surface area (Å²) in [6, 6.07) is 13.8. The number of sulfonamides is 1. The normalized spacial score (nSPS) is 18.2. The average molecular weight is 430 g/mol. The Balaban J connectivity index is 1.70. The van der Waals surface area contributed by atoms with Crippen LogP contribution in [0.15, 0.2) is 53.4 Å². The molecular weight excluding hydrogens is 398 g/mol. The number of rotatable bonds is 10. The first-order valence-electron chi connectivity index (χ1n) is 10.8. The van der Waals surface area contributed by atoms with Gasteiger partial charge in [0.15, 0.2) is 0 Å². The van der Waals surface area contributed by atoms with Crippen molar-refractivity contribution in [1.29, 1.82) is 0 Å². The van der Waals surface area contributed by atoms with Crippen LogP contribution in [0.4, 0.5) is 0 Å². The van der Waals surface area contributed by atoms with E-state index in [1.807, 2.05) is 31.2 Å². The number of carbonyl (C=O) groups is 1. The second kappa shape index (κ2) is 10.2. The van der Waals surface area contributed by atoms with Crippen molar-refractivity contribution in [3.63, 3.8) is 0 Å². The van der Waals surface area contributed by atoms with Crippen molar-refractivity contribution in [3.05, 3.63) is 65.2 Å². The van der Waals surface area contributed by atoms with E-state index in [4.69, 9.17) is 4.74 Å². The Hall–Kier alpha value is -2.18. The zero-order valence-electron chi connectivity index (χ0n) is 17.8. The standard InChI is InChI=1S/C24H31NO4S/c1-3-4-5-6-7-12-23(26)29-22-17-19-10-8-9-11-21(19)24(22)25-30(27,28)20-15-13-18(2)14-16-20/h8-11,13-16,22,24-25H,3-7,12,17H2,1-2H3/t22-,24+/m1/s1. The van der Waals surface area contributed by atoms with Crippen LogP contribution in [0.5, 0.6) is 0 Å². The van der Waals surface area contributed by atoms with Crippen LogP contribution in [0.2, 0.25) is 0 Å². The predicted octanol–water partition coefficient (Wildman–Crippen LogP) is 4.84. The third kappa shape index (κ3) is 5.70. The molecule has 0 spiro atoms. The number of fused-ring (bicyclic) bond motifs is 1. The molecule has 1 aliphatic carbocycles. The molecule has 6 heteroatoms. The van der Waals surface area contributed by atoms with Crippen molar-refractivity contribution in [1.82, 2.24) is 4.72 Å². The summed E-state index contributed by atoms with van der Waals surface area (Å²) in [5.41, 5.74) is 2.87. The Morgan fingerprint density at radius 2 is 1.73 bits per heavy atom. The summed E-state index contributed by atoms with van der Waals surface area (Å²) in [7, 11) is -3.74. The first-order chi connectivity index (χ1) is 14.4. The van der Waals surface area contributed by atoms with E-state index in [1.165, 1.54) is 6.42 Å². The minimum atomic E-state index is -3.74. The molecule has 1 aliphatic rings. The molecule has 0 saturated carbocycles. The monoisotopic (exact) mass is 429 g/mol. The van der Waals surface area contributed by atoms with E-state index in [1.54, 1.807) is 24.3 Å². The van der Waals surface area contributed by atoms with Gasteiger partial charge in [-0.3, -0.25) is 4.79 Å². The molecule has 5 nitrogen and oxygen atoms in total. The number of unbranched alkanes of at least 4 members (excludes halogenated alkanes) is 4. The van der Waals surface area contributed by atoms with E-state index >= 15 is 0 Å². The lowest BCUT2D eigenvalue weighted by Crippen LogP contribution is -2.36. The summed E-state index contributed by atoms with van der Waals surface area (Å²) < 4.78 is 34.5. The summed E-state index contributed by atoms with van der Waals surface area (Å²) in [5.74, 6) is -0.260. The van der Waals surface area contributed by atoms with Gasteiger partial charge in [-0.15, -0.1) is 0 Å². The van der Waals surface area contributed by atoms with E-state index in [2.05, 4.69) is 11.6 Å². The van der Waals surface area contributed by atoms with Gasteiger partial charge in [0.2, 0.25) is 10.0 Å². The zero-order chi connectivity index (χ0) is 21.6. The molecule has 3 rings (SSSR count). The fourth-order valence-electron chi connectivity index (χ4n) is 3.86. The third-order valence-corrected chi connectivity index (χ3v) is 7.02. The lowest BCUT2D eigenvalue weighted by Gasteiger charge is -2.22. The summed E-state index contributed by atoms with van der Waals surface area (Å²) in [6.45, 7) is 4.07. The van der Waals surface area contributed by atoms with Gasteiger partial charge in [-0.2, -0.15) is 4.72 Å². The summed E-state index contributed by atoms with van der Waals surface area (Å²) in [6.07, 6.45) is 5.62. The number of hydrogen-bond acceptors (Lipinski definition) is 4. The van der Waals surface area contributed by atoms with Gasteiger partial charge in [0.25, 0.3) is 0 Å². The topological polar surface area (TPSA) is 72.5 Å². The fraction of sp³-hybridized carbons (Fsp3) is 0.458. The first kappa shape index (κ1) is 22.5. The molecule has 0 saturated heterocycles. The van der Waals surface area contributed by atoms with Gasteiger partial charge < -0.3 is 4.74 Å². The largest absolute Gasteiger partial charge is 0.460 e. The van der Waals surface area contributed by atoms with Gasteiger partial charge in [0.05, 0.1) is 10.9 Å². The van der Waals surface area contributed by atoms with Crippen molar-refractivity contribution >= 4 is 16.0 Å². The molecule has 0 bridgehead atoms. The lowest BCUT2D eigenvalue weighted by atomic mass is 10.1. The maximum Gasteiger partial charge on any atom is 0.306 e. The van der Waals surface area contributed by atoms with Crippen LogP contribution in [0.25, 0.3) is 0 Å². The zero-order valence-corrected chi connectivity index (χ0v) is 18.6. The van der Waals surface area contributed by atoms with Crippen molar-refractivity contribution in [2.45, 2.75) is 75.8 Å². The van der Waals surface area contributed by atoms with Crippen LogP contribution >= 0.6 is 0 Å². The maximum atomic E-state index is 13.0. The Bertz CT molecular complexity index is 953. The van der Waals surface area contributed by atoms with E-state index in [-0.39, 0.29) is 10.9 Å². The van der Waals surface area contributed by atoms with E-state index in [9.17, 15) is 13.2 Å². The molecule has 2 atom stereocenters. The van der Waals surface area contributed by atoms with E-state index in [0.717, 1.165) is 42.4 Å². The number of benzene rings is 2. The van der Waals surface area contributed by atoms with Crippen molar-refractivity contribution in [2.24, 2.45) is 0 Å². The second-order valence-electron chi connectivity index (χ2n) is 8.01. The summed E-state index contributed by atoms with van der Waals surface area (Å²) in [4.78, 5) is 12.6. The maximum absolute atomic E-state index is 13.0. The molecule has 2 aromatic carbocycles. The number of aryl methyl sites for hydroxylation is 1. The lowest BCUT2D eigenvalue weighted by molar-refractivity contribution is -0.150. The molecule has 2 aromatic rings. The Kier molecular flexibility index (Phi) is 7.67. The predicted molar refractivity (Wildman–Crippen MR) is 118 cm³/mol. The molecule has 0 fully saturated rings. The van der Waals surface area contributed by atoms with Gasteiger partial charge >= 0.3 is 5.97 Å². The number of nitrogens with one attached hydrogen (secondary N) is 1. The minimum absolute atomic E-state index is 0.207. The van der Waals surface area contributed by atoms with Crippen LogP contribution in [-0.2, 0) is 26.0 Å². The molecule has 30 heavy (non-hydrogen) atoms. The highest BCUT2D eigenvalue weighted by molar-refractivity contribution is 7.89. The van der Waals surface area contributed by atoms with E-state index in [0.29, 0.717) is 12.8 Å². The van der Waals surface area contributed by atoms with Gasteiger partial charge in [-0.1, -0.05) is 74.6 Å². The quantitative estimate of drug-likeness (QED) is 0.433. The van der Waals surface area contributed by atoms with Crippen LogP contribution < -0.4 is 4.72 Å². The van der Waals surface area contributed by atoms with Crippen molar-refractivity contribution in [2.75, 3.05) is 0 Å². The molecule has 0 heterocycles. The highest BCUT2D eigenvalue weighted by Crippen LogP contribution is 2.35. The SMILES string of the molecule is CCCCCCCC(=O)O[C@@H]1Cc2ccccc2[C@@H]1NS(=O)(=O)c1ccc(C)cc1. The highest BCUT2D eigenvalue weighted by atomic mass is 32.2. The molecule has 0 unspecified atom stereocenters. The summed E-state index contributed by atoms with van der Waals surface area (Å²) >= 11 is 0. The van der Waals surface area contributed by atoms with Crippen LogP contribution in [0.3, 0.4) is 0 Å². The van der Waals surface area contributed by atoms with Crippen molar-refractivity contribution < 1.29 is 17.9 Å². The minimum Gasteiger partial charge on any atom is -0.460 e. The smallest absolute Gasteiger partial charge is 0.306 e. The van der Waals surface area contributed by atoms with Gasteiger partial charge in [0, 0.05) is 12.8 Å². The number of esters is 1. The molecule has 0 radical (unpaired) electrons. The van der Waals surface area contributed by atoms with Gasteiger partial charge in [-0.25, -0.2) is 8.42 Å². The van der Waals surface area contributed by atoms with Gasteiger partial charge in [-0.05, 0) is 36.6 Å². The molecule has 1 N–H and O–H groups in total. The summed E-state index contributed by atoms with van der Waals surface area (Å²) in [5, 5.41) is 0. The number of carbonyl (C=O) groups excluding carboxylic acids is 1. The van der Waals surface area contributed by atoms with Crippen LogP contribution in [0.1, 0.15) is 68.2 Å². The first-order valence-corrected chi connectivity index (χ1v) is 12.3. The Morgan fingerprint density at radius 1 is 1.03 bits per heavy atom. The molecule has 162 valence electrons. The number of hydrogen-bond donors (Lipinski definition) is 1. The van der Waals surface area contributed by atoms with Crippen LogP contribution in [-0.4, -0.2) is 20.5 Å². The number of ether oxygens (including phenoxy) is 1. The Labute approximate surface area is 179 Å². The molecule has 0 aliphatic heterocycles.